The molecule has 9 heteroatoms. The highest BCUT2D eigenvalue weighted by molar-refractivity contribution is 7.99. The molecule has 2 rings (SSSR count). The standard InChI is InChI=1S/C17H14F2N2O4S/c18-17(19)26-13-7-5-12(6-8-13)21-14(22)9-25-16(24)11-3-1-10(2-4-11)15(20)23/h1-8,17H,9H2,(H2,20,23)(H,21,22). The second kappa shape index (κ2) is 8.95. The van der Waals surface area contributed by atoms with Crippen molar-refractivity contribution in [3.05, 3.63) is 59.7 Å². The van der Waals surface area contributed by atoms with Gasteiger partial charge in [-0.3, -0.25) is 9.59 Å². The van der Waals surface area contributed by atoms with Crippen molar-refractivity contribution in [2.45, 2.75) is 10.7 Å². The van der Waals surface area contributed by atoms with E-state index in [1.807, 2.05) is 0 Å². The predicted octanol–water partition coefficient (Wildman–Crippen LogP) is 2.90. The summed E-state index contributed by atoms with van der Waals surface area (Å²) in [7, 11) is 0. The molecular weight excluding hydrogens is 366 g/mol. The van der Waals surface area contributed by atoms with Crippen molar-refractivity contribution in [2.75, 3.05) is 11.9 Å². The fourth-order valence-electron chi connectivity index (χ4n) is 1.90. The third-order valence-electron chi connectivity index (χ3n) is 3.10. The van der Waals surface area contributed by atoms with Gasteiger partial charge in [0, 0.05) is 16.1 Å². The van der Waals surface area contributed by atoms with Gasteiger partial charge < -0.3 is 15.8 Å². The van der Waals surface area contributed by atoms with Gasteiger partial charge in [-0.05, 0) is 48.5 Å². The van der Waals surface area contributed by atoms with Crippen LogP contribution in [0.4, 0.5) is 14.5 Å². The molecule has 0 saturated carbocycles. The van der Waals surface area contributed by atoms with E-state index in [0.717, 1.165) is 0 Å². The normalized spacial score (nSPS) is 10.4. The molecule has 2 aromatic rings. The van der Waals surface area contributed by atoms with Crippen LogP contribution in [-0.2, 0) is 9.53 Å². The summed E-state index contributed by atoms with van der Waals surface area (Å²) in [5, 5.41) is 2.48. The smallest absolute Gasteiger partial charge is 0.338 e. The molecule has 0 aliphatic heterocycles. The molecule has 2 amide bonds. The van der Waals surface area contributed by atoms with E-state index in [0.29, 0.717) is 22.3 Å². The van der Waals surface area contributed by atoms with E-state index in [1.54, 1.807) is 0 Å². The molecule has 2 aromatic carbocycles. The van der Waals surface area contributed by atoms with Gasteiger partial charge in [0.1, 0.15) is 0 Å². The molecule has 0 unspecified atom stereocenters. The Labute approximate surface area is 151 Å². The second-order valence-corrected chi connectivity index (χ2v) is 6.03. The summed E-state index contributed by atoms with van der Waals surface area (Å²) in [6.45, 7) is -0.524. The maximum atomic E-state index is 12.2. The third-order valence-corrected chi connectivity index (χ3v) is 3.83. The van der Waals surface area contributed by atoms with Gasteiger partial charge in [-0.2, -0.15) is 8.78 Å². The zero-order chi connectivity index (χ0) is 19.1. The molecule has 0 fully saturated rings. The number of amides is 2. The van der Waals surface area contributed by atoms with Crippen LogP contribution < -0.4 is 11.1 Å². The average molecular weight is 380 g/mol. The molecular formula is C17H14F2N2O4S. The molecule has 0 radical (unpaired) electrons. The van der Waals surface area contributed by atoms with Gasteiger partial charge in [-0.1, -0.05) is 11.8 Å². The molecule has 0 spiro atoms. The highest BCUT2D eigenvalue weighted by Gasteiger charge is 2.11. The van der Waals surface area contributed by atoms with Crippen LogP contribution in [0.2, 0.25) is 0 Å². The number of rotatable bonds is 7. The minimum Gasteiger partial charge on any atom is -0.452 e. The van der Waals surface area contributed by atoms with Crippen molar-refractivity contribution in [1.29, 1.82) is 0 Å². The molecule has 26 heavy (non-hydrogen) atoms. The summed E-state index contributed by atoms with van der Waals surface area (Å²) in [4.78, 5) is 34.9. The number of hydrogen-bond donors (Lipinski definition) is 2. The van der Waals surface area contributed by atoms with E-state index in [9.17, 15) is 23.2 Å². The molecule has 0 aliphatic rings. The Kier molecular flexibility index (Phi) is 6.67. The zero-order valence-electron chi connectivity index (χ0n) is 13.3. The van der Waals surface area contributed by atoms with Crippen LogP contribution in [0.3, 0.4) is 0 Å². The van der Waals surface area contributed by atoms with Gasteiger partial charge in [0.15, 0.2) is 6.61 Å². The third kappa shape index (κ3) is 5.85. The number of alkyl halides is 2. The number of thioether (sulfide) groups is 1. The molecule has 0 saturated heterocycles. The Hall–Kier alpha value is -2.94. The predicted molar refractivity (Wildman–Crippen MR) is 92.2 cm³/mol. The maximum Gasteiger partial charge on any atom is 0.338 e. The van der Waals surface area contributed by atoms with Crippen LogP contribution in [0.1, 0.15) is 20.7 Å². The van der Waals surface area contributed by atoms with Crippen molar-refractivity contribution in [3.8, 4) is 0 Å². The van der Waals surface area contributed by atoms with Crippen molar-refractivity contribution in [2.24, 2.45) is 5.73 Å². The number of benzene rings is 2. The van der Waals surface area contributed by atoms with Crippen molar-refractivity contribution in [1.82, 2.24) is 0 Å². The lowest BCUT2D eigenvalue weighted by atomic mass is 10.1. The summed E-state index contributed by atoms with van der Waals surface area (Å²) in [5.74, 6) is -4.46. The highest BCUT2D eigenvalue weighted by atomic mass is 32.2. The number of primary amides is 1. The lowest BCUT2D eigenvalue weighted by Gasteiger charge is -2.08. The van der Waals surface area contributed by atoms with E-state index in [2.05, 4.69) is 5.32 Å². The van der Waals surface area contributed by atoms with Crippen molar-refractivity contribution < 1.29 is 27.9 Å². The molecule has 0 aliphatic carbocycles. The molecule has 0 atom stereocenters. The Morgan fingerprint density at radius 3 is 2.12 bits per heavy atom. The summed E-state index contributed by atoms with van der Waals surface area (Å²) >= 11 is 0.396. The Balaban J connectivity index is 1.84. The van der Waals surface area contributed by atoms with Crippen molar-refractivity contribution in [3.63, 3.8) is 0 Å². The summed E-state index contributed by atoms with van der Waals surface area (Å²) in [6, 6.07) is 11.3. The first-order valence-corrected chi connectivity index (χ1v) is 8.15. The Bertz CT molecular complexity index is 795. The monoisotopic (exact) mass is 380 g/mol. The number of anilines is 1. The van der Waals surface area contributed by atoms with Gasteiger partial charge in [0.2, 0.25) is 5.91 Å². The molecule has 0 bridgehead atoms. The fraction of sp³-hybridized carbons (Fsp3) is 0.118. The topological polar surface area (TPSA) is 98.5 Å². The van der Waals surface area contributed by atoms with Crippen LogP contribution >= 0.6 is 11.8 Å². The van der Waals surface area contributed by atoms with Crippen LogP contribution in [0.25, 0.3) is 0 Å². The molecule has 3 N–H and O–H groups in total. The first-order chi connectivity index (χ1) is 12.3. The first kappa shape index (κ1) is 19.4. The van der Waals surface area contributed by atoms with E-state index in [-0.39, 0.29) is 11.1 Å². The lowest BCUT2D eigenvalue weighted by molar-refractivity contribution is -0.119. The van der Waals surface area contributed by atoms with Crippen LogP contribution in [0.5, 0.6) is 0 Å². The van der Waals surface area contributed by atoms with E-state index in [4.69, 9.17) is 10.5 Å². The summed E-state index contributed by atoms with van der Waals surface area (Å²) in [6.07, 6.45) is 0. The quantitative estimate of drug-likeness (QED) is 0.568. The SMILES string of the molecule is NC(=O)c1ccc(C(=O)OCC(=O)Nc2ccc(SC(F)F)cc2)cc1. The average Bonchev–Trinajstić information content (AvgIpc) is 2.61. The van der Waals surface area contributed by atoms with Gasteiger partial charge in [0.25, 0.3) is 11.7 Å². The molecule has 136 valence electrons. The van der Waals surface area contributed by atoms with Crippen molar-refractivity contribution >= 4 is 35.2 Å². The van der Waals surface area contributed by atoms with Gasteiger partial charge in [0.05, 0.1) is 5.56 Å². The largest absolute Gasteiger partial charge is 0.452 e. The van der Waals surface area contributed by atoms with Crippen LogP contribution in [0.15, 0.2) is 53.4 Å². The second-order valence-electron chi connectivity index (χ2n) is 4.97. The number of carbonyl (C=O) groups excluding carboxylic acids is 3. The Morgan fingerprint density at radius 2 is 1.58 bits per heavy atom. The minimum atomic E-state index is -2.52. The van der Waals surface area contributed by atoms with E-state index < -0.39 is 30.1 Å². The summed E-state index contributed by atoms with van der Waals surface area (Å²) < 4.78 is 29.3. The van der Waals surface area contributed by atoms with Crippen LogP contribution in [-0.4, -0.2) is 30.1 Å². The number of halogens is 2. The molecule has 0 aromatic heterocycles. The number of nitrogens with two attached hydrogens (primary N) is 1. The minimum absolute atomic E-state index is 0.163. The number of hydrogen-bond acceptors (Lipinski definition) is 5. The van der Waals surface area contributed by atoms with Gasteiger partial charge in [-0.25, -0.2) is 4.79 Å². The molecule has 0 heterocycles. The number of esters is 1. The zero-order valence-corrected chi connectivity index (χ0v) is 14.1. The summed E-state index contributed by atoms with van der Waals surface area (Å²) in [5.41, 5.74) is 5.89. The molecule has 6 nitrogen and oxygen atoms in total. The number of carbonyl (C=O) groups is 3. The van der Waals surface area contributed by atoms with E-state index in [1.165, 1.54) is 48.5 Å². The van der Waals surface area contributed by atoms with Crippen LogP contribution in [0, 0.1) is 0 Å². The Morgan fingerprint density at radius 1 is 1.00 bits per heavy atom. The first-order valence-electron chi connectivity index (χ1n) is 7.27. The maximum absolute atomic E-state index is 12.2. The van der Waals surface area contributed by atoms with E-state index >= 15 is 0 Å². The fourth-order valence-corrected chi connectivity index (χ4v) is 2.40. The lowest BCUT2D eigenvalue weighted by Crippen LogP contribution is -2.21. The number of nitrogens with one attached hydrogen (secondary N) is 1. The highest BCUT2D eigenvalue weighted by Crippen LogP contribution is 2.26. The number of ether oxygens (including phenoxy) is 1. The van der Waals surface area contributed by atoms with Gasteiger partial charge in [-0.15, -0.1) is 0 Å². The van der Waals surface area contributed by atoms with Gasteiger partial charge >= 0.3 is 5.97 Å².